The number of rotatable bonds is 4. The second-order valence-electron chi connectivity index (χ2n) is 3.28. The minimum Gasteiger partial charge on any atom is -0.496 e. The van der Waals surface area contributed by atoms with Gasteiger partial charge in [-0.3, -0.25) is 0 Å². The Morgan fingerprint density at radius 1 is 1.25 bits per heavy atom. The van der Waals surface area contributed by atoms with Crippen molar-refractivity contribution in [2.24, 2.45) is 5.73 Å². The Morgan fingerprint density at radius 3 is 2.69 bits per heavy atom. The van der Waals surface area contributed by atoms with Crippen LogP contribution in [0.4, 0.5) is 0 Å². The summed E-state index contributed by atoms with van der Waals surface area (Å²) in [6, 6.07) is 7.92. The molecule has 0 atom stereocenters. The molecule has 0 aliphatic rings. The topological polar surface area (TPSA) is 61.0 Å². The number of methoxy groups -OCH3 is 1. The lowest BCUT2D eigenvalue weighted by Crippen LogP contribution is -1.94. The normalized spacial score (nSPS) is 10.4. The largest absolute Gasteiger partial charge is 0.496 e. The van der Waals surface area contributed by atoms with E-state index in [1.807, 2.05) is 24.3 Å². The van der Waals surface area contributed by atoms with Gasteiger partial charge in [0.1, 0.15) is 15.8 Å². The maximum Gasteiger partial charge on any atom is 0.131 e. The van der Waals surface area contributed by atoms with E-state index >= 15 is 0 Å². The molecule has 0 radical (unpaired) electrons. The number of aromatic nitrogens is 2. The van der Waals surface area contributed by atoms with Gasteiger partial charge in [-0.15, -0.1) is 10.2 Å². The summed E-state index contributed by atoms with van der Waals surface area (Å²) in [5, 5.41) is 9.91. The highest BCUT2D eigenvalue weighted by atomic mass is 32.1. The zero-order valence-electron chi connectivity index (χ0n) is 9.01. The van der Waals surface area contributed by atoms with E-state index in [-0.39, 0.29) is 0 Å². The number of nitrogens with zero attached hydrogens (tertiary/aromatic N) is 2. The second-order valence-corrected chi connectivity index (χ2v) is 4.43. The highest BCUT2D eigenvalue weighted by Crippen LogP contribution is 2.22. The lowest BCUT2D eigenvalue weighted by molar-refractivity contribution is 0.410. The van der Waals surface area contributed by atoms with Crippen LogP contribution in [0.1, 0.15) is 15.6 Å². The summed E-state index contributed by atoms with van der Waals surface area (Å²) in [4.78, 5) is 0. The maximum atomic E-state index is 5.50. The molecule has 1 aromatic carbocycles. The third-order valence-corrected chi connectivity index (χ3v) is 3.16. The van der Waals surface area contributed by atoms with E-state index in [2.05, 4.69) is 10.2 Å². The van der Waals surface area contributed by atoms with Crippen molar-refractivity contribution in [2.45, 2.75) is 13.0 Å². The molecule has 84 valence electrons. The molecule has 4 nitrogen and oxygen atoms in total. The standard InChI is InChI=1S/C11H13N3OS/c1-15-9-5-3-2-4-8(9)6-10-13-14-11(7-12)16-10/h2-5H,6-7,12H2,1H3. The van der Waals surface area contributed by atoms with Crippen molar-refractivity contribution < 1.29 is 4.74 Å². The smallest absolute Gasteiger partial charge is 0.131 e. The van der Waals surface area contributed by atoms with Crippen molar-refractivity contribution in [1.82, 2.24) is 10.2 Å². The number of benzene rings is 1. The molecule has 0 fully saturated rings. The first kappa shape index (κ1) is 11.0. The molecule has 0 aliphatic heterocycles. The molecular weight excluding hydrogens is 222 g/mol. The molecule has 1 aromatic heterocycles. The van der Waals surface area contributed by atoms with Gasteiger partial charge >= 0.3 is 0 Å². The average molecular weight is 235 g/mol. The third kappa shape index (κ3) is 2.37. The summed E-state index contributed by atoms with van der Waals surface area (Å²) in [7, 11) is 1.67. The van der Waals surface area contributed by atoms with Gasteiger partial charge in [0.15, 0.2) is 0 Å². The van der Waals surface area contributed by atoms with Crippen LogP contribution in [0, 0.1) is 0 Å². The molecule has 0 spiro atoms. The molecule has 2 rings (SSSR count). The lowest BCUT2D eigenvalue weighted by atomic mass is 10.1. The Kier molecular flexibility index (Phi) is 3.48. The van der Waals surface area contributed by atoms with E-state index in [9.17, 15) is 0 Å². The van der Waals surface area contributed by atoms with Crippen LogP contribution in [0.15, 0.2) is 24.3 Å². The van der Waals surface area contributed by atoms with Gasteiger partial charge in [0.25, 0.3) is 0 Å². The molecule has 0 aliphatic carbocycles. The molecule has 0 unspecified atom stereocenters. The van der Waals surface area contributed by atoms with Gasteiger partial charge in [0, 0.05) is 18.5 Å². The summed E-state index contributed by atoms with van der Waals surface area (Å²) >= 11 is 1.54. The molecule has 16 heavy (non-hydrogen) atoms. The highest BCUT2D eigenvalue weighted by Gasteiger charge is 2.07. The monoisotopic (exact) mass is 235 g/mol. The molecule has 5 heteroatoms. The van der Waals surface area contributed by atoms with Gasteiger partial charge in [-0.05, 0) is 6.07 Å². The summed E-state index contributed by atoms with van der Waals surface area (Å²) in [6.07, 6.45) is 0.738. The molecular formula is C11H13N3OS. The van der Waals surface area contributed by atoms with Crippen LogP contribution >= 0.6 is 11.3 Å². The molecule has 0 saturated carbocycles. The molecule has 2 aromatic rings. The quantitative estimate of drug-likeness (QED) is 0.874. The van der Waals surface area contributed by atoms with Crippen LogP contribution in [-0.4, -0.2) is 17.3 Å². The van der Waals surface area contributed by atoms with Crippen LogP contribution in [0.3, 0.4) is 0 Å². The van der Waals surface area contributed by atoms with E-state index in [0.29, 0.717) is 6.54 Å². The zero-order valence-corrected chi connectivity index (χ0v) is 9.83. The van der Waals surface area contributed by atoms with Crippen molar-refractivity contribution in [3.63, 3.8) is 0 Å². The summed E-state index contributed by atoms with van der Waals surface area (Å²) in [5.74, 6) is 0.881. The number of ether oxygens (including phenoxy) is 1. The van der Waals surface area contributed by atoms with Crippen molar-refractivity contribution in [3.8, 4) is 5.75 Å². The Labute approximate surface area is 98.1 Å². The average Bonchev–Trinajstić information content (AvgIpc) is 2.77. The molecule has 0 saturated heterocycles. The minimum atomic E-state index is 0.448. The van der Waals surface area contributed by atoms with E-state index in [0.717, 1.165) is 27.7 Å². The number of nitrogens with two attached hydrogens (primary N) is 1. The first-order valence-electron chi connectivity index (χ1n) is 4.96. The van der Waals surface area contributed by atoms with Gasteiger partial charge in [-0.1, -0.05) is 29.5 Å². The Bertz CT molecular complexity index is 470. The Hall–Kier alpha value is -1.46. The fraction of sp³-hybridized carbons (Fsp3) is 0.273. The van der Waals surface area contributed by atoms with E-state index in [1.54, 1.807) is 18.4 Å². The fourth-order valence-corrected chi connectivity index (χ4v) is 2.20. The van der Waals surface area contributed by atoms with Gasteiger partial charge in [-0.2, -0.15) is 0 Å². The van der Waals surface area contributed by atoms with Crippen molar-refractivity contribution in [1.29, 1.82) is 0 Å². The first-order chi connectivity index (χ1) is 7.83. The molecule has 0 bridgehead atoms. The summed E-state index contributed by atoms with van der Waals surface area (Å²) in [6.45, 7) is 0.448. The number of hydrogen-bond donors (Lipinski definition) is 1. The predicted octanol–water partition coefficient (Wildman–Crippen LogP) is 1.60. The van der Waals surface area contributed by atoms with Crippen LogP contribution in [-0.2, 0) is 13.0 Å². The van der Waals surface area contributed by atoms with Crippen LogP contribution in [0.25, 0.3) is 0 Å². The van der Waals surface area contributed by atoms with Crippen LogP contribution in [0.5, 0.6) is 5.75 Å². The van der Waals surface area contributed by atoms with Gasteiger partial charge in [0.05, 0.1) is 7.11 Å². The Morgan fingerprint density at radius 2 is 2.00 bits per heavy atom. The van der Waals surface area contributed by atoms with Gasteiger partial charge < -0.3 is 10.5 Å². The van der Waals surface area contributed by atoms with Crippen LogP contribution < -0.4 is 10.5 Å². The SMILES string of the molecule is COc1ccccc1Cc1nnc(CN)s1. The Balaban J connectivity index is 2.19. The fourth-order valence-electron chi connectivity index (χ4n) is 1.45. The van der Waals surface area contributed by atoms with Gasteiger partial charge in [0.2, 0.25) is 0 Å². The highest BCUT2D eigenvalue weighted by molar-refractivity contribution is 7.11. The lowest BCUT2D eigenvalue weighted by Gasteiger charge is -2.05. The second kappa shape index (κ2) is 5.05. The van der Waals surface area contributed by atoms with Crippen molar-refractivity contribution in [3.05, 3.63) is 39.8 Å². The number of hydrogen-bond acceptors (Lipinski definition) is 5. The zero-order chi connectivity index (χ0) is 11.4. The third-order valence-electron chi connectivity index (χ3n) is 2.22. The predicted molar refractivity (Wildman–Crippen MR) is 63.6 cm³/mol. The van der Waals surface area contributed by atoms with E-state index in [1.165, 1.54) is 0 Å². The summed E-state index contributed by atoms with van der Waals surface area (Å²) < 4.78 is 5.28. The van der Waals surface area contributed by atoms with Crippen LogP contribution in [0.2, 0.25) is 0 Å². The van der Waals surface area contributed by atoms with E-state index in [4.69, 9.17) is 10.5 Å². The molecule has 1 heterocycles. The maximum absolute atomic E-state index is 5.50. The minimum absolute atomic E-state index is 0.448. The van der Waals surface area contributed by atoms with Crippen molar-refractivity contribution >= 4 is 11.3 Å². The van der Waals surface area contributed by atoms with Crippen molar-refractivity contribution in [2.75, 3.05) is 7.11 Å². The number of para-hydroxylation sites is 1. The van der Waals surface area contributed by atoms with Gasteiger partial charge in [-0.25, -0.2) is 0 Å². The van der Waals surface area contributed by atoms with E-state index < -0.39 is 0 Å². The molecule has 0 amide bonds. The summed E-state index contributed by atoms with van der Waals surface area (Å²) in [5.41, 5.74) is 6.61. The first-order valence-corrected chi connectivity index (χ1v) is 5.78. The molecule has 2 N–H and O–H groups in total.